The van der Waals surface area contributed by atoms with E-state index in [-0.39, 0.29) is 5.69 Å². The van der Waals surface area contributed by atoms with E-state index < -0.39 is 0 Å². The van der Waals surface area contributed by atoms with Gasteiger partial charge >= 0.3 is 5.69 Å². The number of methoxy groups -OCH3 is 1. The van der Waals surface area contributed by atoms with Crippen molar-refractivity contribution < 1.29 is 4.74 Å². The van der Waals surface area contributed by atoms with Gasteiger partial charge in [0, 0.05) is 19.6 Å². The number of ether oxygens (including phenoxy) is 1. The van der Waals surface area contributed by atoms with Crippen LogP contribution in [0.1, 0.15) is 37.9 Å². The zero-order valence-electron chi connectivity index (χ0n) is 14.9. The summed E-state index contributed by atoms with van der Waals surface area (Å²) in [4.78, 5) is 15.1. The van der Waals surface area contributed by atoms with Crippen molar-refractivity contribution in [2.45, 2.75) is 45.2 Å². The van der Waals surface area contributed by atoms with Crippen molar-refractivity contribution in [3.8, 4) is 11.4 Å². The van der Waals surface area contributed by atoms with Crippen molar-refractivity contribution in [3.05, 3.63) is 40.6 Å². The van der Waals surface area contributed by atoms with Crippen LogP contribution in [-0.2, 0) is 13.1 Å². The molecule has 1 aliphatic heterocycles. The Morgan fingerprint density at radius 3 is 2.60 bits per heavy atom. The molecule has 2 aliphatic rings. The fraction of sp³-hybridized carbons (Fsp3) is 0.579. The van der Waals surface area contributed by atoms with E-state index in [0.29, 0.717) is 0 Å². The SMILES string of the molecule is COc1ccc(-n2nc3n(c2=O)CCN(CC2CCCCC2)C3)cc1. The molecule has 1 aliphatic carbocycles. The van der Waals surface area contributed by atoms with Gasteiger partial charge in [0.1, 0.15) is 11.6 Å². The lowest BCUT2D eigenvalue weighted by atomic mass is 9.89. The Bertz CT molecular complexity index is 772. The van der Waals surface area contributed by atoms with Crippen LogP contribution >= 0.6 is 0 Å². The van der Waals surface area contributed by atoms with Crippen LogP contribution in [0.2, 0.25) is 0 Å². The molecule has 25 heavy (non-hydrogen) atoms. The van der Waals surface area contributed by atoms with E-state index >= 15 is 0 Å². The van der Waals surface area contributed by atoms with E-state index in [0.717, 1.165) is 49.4 Å². The third-order valence-corrected chi connectivity index (χ3v) is 5.50. The maximum absolute atomic E-state index is 12.7. The Morgan fingerprint density at radius 1 is 1.12 bits per heavy atom. The first-order valence-corrected chi connectivity index (χ1v) is 9.30. The Hall–Kier alpha value is -2.08. The lowest BCUT2D eigenvalue weighted by molar-refractivity contribution is 0.164. The lowest BCUT2D eigenvalue weighted by Crippen LogP contribution is -2.40. The molecule has 1 aromatic carbocycles. The molecule has 4 rings (SSSR count). The van der Waals surface area contributed by atoms with Gasteiger partial charge in [-0.05, 0) is 43.0 Å². The second kappa shape index (κ2) is 7.04. The van der Waals surface area contributed by atoms with Crippen molar-refractivity contribution in [3.63, 3.8) is 0 Å². The van der Waals surface area contributed by atoms with Gasteiger partial charge in [-0.25, -0.2) is 4.79 Å². The first-order valence-electron chi connectivity index (χ1n) is 9.30. The molecule has 2 aromatic rings. The van der Waals surface area contributed by atoms with E-state index in [1.165, 1.54) is 36.8 Å². The predicted octanol–water partition coefficient (Wildman–Crippen LogP) is 2.44. The van der Waals surface area contributed by atoms with Gasteiger partial charge in [-0.3, -0.25) is 9.47 Å². The highest BCUT2D eigenvalue weighted by molar-refractivity contribution is 5.36. The van der Waals surface area contributed by atoms with E-state index in [2.05, 4.69) is 10.00 Å². The van der Waals surface area contributed by atoms with Crippen LogP contribution in [-0.4, -0.2) is 39.4 Å². The van der Waals surface area contributed by atoms with Gasteiger partial charge < -0.3 is 4.74 Å². The monoisotopic (exact) mass is 342 g/mol. The molecule has 1 aromatic heterocycles. The van der Waals surface area contributed by atoms with Crippen LogP contribution in [0.5, 0.6) is 5.75 Å². The van der Waals surface area contributed by atoms with Gasteiger partial charge in [0.2, 0.25) is 0 Å². The number of aromatic nitrogens is 3. The van der Waals surface area contributed by atoms with Crippen LogP contribution in [0.4, 0.5) is 0 Å². The predicted molar refractivity (Wildman–Crippen MR) is 96.2 cm³/mol. The number of benzene rings is 1. The van der Waals surface area contributed by atoms with Crippen LogP contribution < -0.4 is 10.4 Å². The molecule has 1 fully saturated rings. The van der Waals surface area contributed by atoms with E-state index in [1.54, 1.807) is 7.11 Å². The van der Waals surface area contributed by atoms with Gasteiger partial charge in [-0.1, -0.05) is 19.3 Å². The third kappa shape index (κ3) is 3.35. The number of nitrogens with zero attached hydrogens (tertiary/aromatic N) is 4. The summed E-state index contributed by atoms with van der Waals surface area (Å²) in [6.45, 7) is 3.59. The minimum absolute atomic E-state index is 0.0440. The molecule has 0 radical (unpaired) electrons. The average Bonchev–Trinajstić information content (AvgIpc) is 2.99. The summed E-state index contributed by atoms with van der Waals surface area (Å²) >= 11 is 0. The fourth-order valence-electron chi connectivity index (χ4n) is 4.08. The molecule has 0 spiro atoms. The highest BCUT2D eigenvalue weighted by Gasteiger charge is 2.25. The van der Waals surface area contributed by atoms with Gasteiger partial charge in [0.05, 0.1) is 19.3 Å². The summed E-state index contributed by atoms with van der Waals surface area (Å²) in [6.07, 6.45) is 6.83. The molecule has 0 bridgehead atoms. The highest BCUT2D eigenvalue weighted by Crippen LogP contribution is 2.25. The van der Waals surface area contributed by atoms with Crippen LogP contribution in [0, 0.1) is 5.92 Å². The molecule has 1 saturated carbocycles. The molecule has 0 amide bonds. The largest absolute Gasteiger partial charge is 0.497 e. The molecular weight excluding hydrogens is 316 g/mol. The lowest BCUT2D eigenvalue weighted by Gasteiger charge is -2.31. The van der Waals surface area contributed by atoms with Crippen LogP contribution in [0.25, 0.3) is 5.69 Å². The van der Waals surface area contributed by atoms with Crippen molar-refractivity contribution in [1.82, 2.24) is 19.2 Å². The third-order valence-electron chi connectivity index (χ3n) is 5.50. The Morgan fingerprint density at radius 2 is 1.88 bits per heavy atom. The first-order chi connectivity index (χ1) is 12.2. The second-order valence-electron chi connectivity index (χ2n) is 7.20. The van der Waals surface area contributed by atoms with E-state index in [9.17, 15) is 4.79 Å². The summed E-state index contributed by atoms with van der Waals surface area (Å²) in [6, 6.07) is 7.46. The minimum Gasteiger partial charge on any atom is -0.497 e. The molecule has 0 atom stereocenters. The summed E-state index contributed by atoms with van der Waals surface area (Å²) in [5.41, 5.74) is 0.740. The van der Waals surface area contributed by atoms with Crippen molar-refractivity contribution in [1.29, 1.82) is 0 Å². The number of hydrogen-bond acceptors (Lipinski definition) is 4. The number of fused-ring (bicyclic) bond motifs is 1. The van der Waals surface area contributed by atoms with Gasteiger partial charge in [0.25, 0.3) is 0 Å². The fourth-order valence-corrected chi connectivity index (χ4v) is 4.08. The summed E-state index contributed by atoms with van der Waals surface area (Å²) < 4.78 is 8.52. The van der Waals surface area contributed by atoms with Crippen molar-refractivity contribution in [2.24, 2.45) is 5.92 Å². The summed E-state index contributed by atoms with van der Waals surface area (Å²) in [5, 5.41) is 4.60. The molecule has 6 nitrogen and oxygen atoms in total. The molecular formula is C19H26N4O2. The van der Waals surface area contributed by atoms with Gasteiger partial charge in [-0.15, -0.1) is 5.10 Å². The molecule has 6 heteroatoms. The quantitative estimate of drug-likeness (QED) is 0.856. The minimum atomic E-state index is -0.0440. The van der Waals surface area contributed by atoms with Crippen LogP contribution in [0.3, 0.4) is 0 Å². The molecule has 0 N–H and O–H groups in total. The molecule has 2 heterocycles. The topological polar surface area (TPSA) is 52.3 Å². The van der Waals surface area contributed by atoms with E-state index in [1.807, 2.05) is 28.8 Å². The molecule has 0 saturated heterocycles. The Kier molecular flexibility index (Phi) is 4.61. The number of hydrogen-bond donors (Lipinski definition) is 0. The Labute approximate surface area is 148 Å². The average molecular weight is 342 g/mol. The summed E-state index contributed by atoms with van der Waals surface area (Å²) in [5.74, 6) is 2.47. The smallest absolute Gasteiger partial charge is 0.350 e. The zero-order chi connectivity index (χ0) is 17.2. The summed E-state index contributed by atoms with van der Waals surface area (Å²) in [7, 11) is 1.64. The molecule has 134 valence electrons. The van der Waals surface area contributed by atoms with Crippen LogP contribution in [0.15, 0.2) is 29.1 Å². The number of rotatable bonds is 4. The highest BCUT2D eigenvalue weighted by atomic mass is 16.5. The first kappa shape index (κ1) is 16.4. The second-order valence-corrected chi connectivity index (χ2v) is 7.20. The zero-order valence-corrected chi connectivity index (χ0v) is 14.9. The maximum atomic E-state index is 12.7. The molecule has 0 unspecified atom stereocenters. The maximum Gasteiger partial charge on any atom is 0.350 e. The van der Waals surface area contributed by atoms with Crippen molar-refractivity contribution >= 4 is 0 Å². The normalized spacial score (nSPS) is 18.9. The van der Waals surface area contributed by atoms with Gasteiger partial charge in [0.15, 0.2) is 0 Å². The Balaban J connectivity index is 1.51. The standard InChI is InChI=1S/C19H26N4O2/c1-25-17-9-7-16(8-10-17)23-19(24)22-12-11-21(14-18(22)20-23)13-15-5-3-2-4-6-15/h7-10,15H,2-6,11-14H2,1H3. The van der Waals surface area contributed by atoms with Gasteiger partial charge in [-0.2, -0.15) is 4.68 Å². The van der Waals surface area contributed by atoms with E-state index in [4.69, 9.17) is 4.74 Å². The van der Waals surface area contributed by atoms with Crippen molar-refractivity contribution in [2.75, 3.05) is 20.2 Å².